The van der Waals surface area contributed by atoms with Crippen molar-refractivity contribution in [1.82, 2.24) is 15.5 Å². The molecule has 164 valence electrons. The van der Waals surface area contributed by atoms with Crippen LogP contribution < -0.4 is 20.1 Å². The lowest BCUT2D eigenvalue weighted by Gasteiger charge is -2.14. The highest BCUT2D eigenvalue weighted by Gasteiger charge is 2.12. The van der Waals surface area contributed by atoms with Crippen molar-refractivity contribution >= 4 is 11.6 Å². The van der Waals surface area contributed by atoms with E-state index in [9.17, 15) is 0 Å². The topological polar surface area (TPSA) is 112 Å². The van der Waals surface area contributed by atoms with Crippen molar-refractivity contribution in [2.45, 2.75) is 26.3 Å². The molecule has 0 atom stereocenters. The Labute approximate surface area is 175 Å². The van der Waals surface area contributed by atoms with Crippen LogP contribution in [0.25, 0.3) is 0 Å². The van der Waals surface area contributed by atoms with Crippen molar-refractivity contribution in [3.05, 3.63) is 29.9 Å². The van der Waals surface area contributed by atoms with E-state index in [0.29, 0.717) is 57.3 Å². The molecule has 0 saturated carbocycles. The Morgan fingerprint density at radius 3 is 2.83 bits per heavy atom. The van der Waals surface area contributed by atoms with Gasteiger partial charge in [0.1, 0.15) is 6.54 Å². The van der Waals surface area contributed by atoms with Gasteiger partial charge in [-0.05, 0) is 25.5 Å². The number of aryl methyl sites for hydroxylation is 1. The summed E-state index contributed by atoms with van der Waals surface area (Å²) in [6, 6.07) is 5.73. The van der Waals surface area contributed by atoms with Crippen molar-refractivity contribution in [3.63, 3.8) is 0 Å². The largest absolute Gasteiger partial charge is 0.490 e. The van der Waals surface area contributed by atoms with Gasteiger partial charge in [-0.1, -0.05) is 5.16 Å². The van der Waals surface area contributed by atoms with E-state index >= 15 is 0 Å². The Hall–Kier alpha value is -2.85. The van der Waals surface area contributed by atoms with Gasteiger partial charge in [-0.2, -0.15) is 4.98 Å². The van der Waals surface area contributed by atoms with Crippen LogP contribution in [-0.4, -0.2) is 62.8 Å². The first-order valence-corrected chi connectivity index (χ1v) is 10.1. The number of nitrogens with one attached hydrogen (secondary N) is 2. The number of fused-ring (bicyclic) bond motifs is 1. The second kappa shape index (κ2) is 12.0. The van der Waals surface area contributed by atoms with E-state index in [1.807, 2.05) is 18.2 Å². The molecule has 0 bridgehead atoms. The molecule has 0 amide bonds. The number of nitrogens with zero attached hydrogens (tertiary/aromatic N) is 3. The highest BCUT2D eigenvalue weighted by atomic mass is 16.5. The van der Waals surface area contributed by atoms with Crippen molar-refractivity contribution in [3.8, 4) is 11.5 Å². The minimum Gasteiger partial charge on any atom is -0.490 e. The van der Waals surface area contributed by atoms with Crippen LogP contribution >= 0.6 is 0 Å². The molecule has 2 aromatic rings. The molecule has 0 spiro atoms. The molecule has 0 aliphatic carbocycles. The molecule has 3 rings (SSSR count). The second-order valence-corrected chi connectivity index (χ2v) is 6.62. The van der Waals surface area contributed by atoms with Gasteiger partial charge in [0.05, 0.1) is 26.4 Å². The Morgan fingerprint density at radius 1 is 1.17 bits per heavy atom. The Morgan fingerprint density at radius 2 is 2.03 bits per heavy atom. The van der Waals surface area contributed by atoms with Crippen LogP contribution in [0, 0.1) is 6.92 Å². The van der Waals surface area contributed by atoms with Crippen LogP contribution in [0.2, 0.25) is 0 Å². The molecule has 10 nitrogen and oxygen atoms in total. The number of methoxy groups -OCH3 is 1. The Bertz CT molecular complexity index is 811. The van der Waals surface area contributed by atoms with E-state index < -0.39 is 0 Å². The molecule has 30 heavy (non-hydrogen) atoms. The summed E-state index contributed by atoms with van der Waals surface area (Å²) in [7, 11) is 1.66. The normalized spacial score (nSPS) is 13.7. The second-order valence-electron chi connectivity index (χ2n) is 6.62. The van der Waals surface area contributed by atoms with Gasteiger partial charge in [-0.15, -0.1) is 0 Å². The van der Waals surface area contributed by atoms with Crippen molar-refractivity contribution in [1.29, 1.82) is 0 Å². The smallest absolute Gasteiger partial charge is 0.248 e. The summed E-state index contributed by atoms with van der Waals surface area (Å²) >= 11 is 0. The van der Waals surface area contributed by atoms with E-state index in [-0.39, 0.29) is 6.54 Å². The Balaban J connectivity index is 1.59. The van der Waals surface area contributed by atoms with Crippen LogP contribution in [0.15, 0.2) is 27.7 Å². The summed E-state index contributed by atoms with van der Waals surface area (Å²) in [5.74, 6) is 3.10. The van der Waals surface area contributed by atoms with E-state index in [4.69, 9.17) is 23.5 Å². The quantitative estimate of drug-likeness (QED) is 0.340. The molecule has 0 unspecified atom stereocenters. The molecular weight excluding hydrogens is 390 g/mol. The summed E-state index contributed by atoms with van der Waals surface area (Å²) < 4.78 is 27.0. The standard InChI is InChI=1S/C20H29N5O5/c1-15-23-19(30-25-15)14-22-20(21-7-3-8-27-12-11-26-2)24-16-5-6-17-18(13-16)29-10-4-9-28-17/h5-6,13H,3-4,7-12,14H2,1-2H3,(H2,21,22,24). The van der Waals surface area contributed by atoms with Gasteiger partial charge in [0.25, 0.3) is 0 Å². The Kier molecular flexibility index (Phi) is 8.73. The fraction of sp³-hybridized carbons (Fsp3) is 0.550. The summed E-state index contributed by atoms with van der Waals surface area (Å²) in [6.07, 6.45) is 1.69. The summed E-state index contributed by atoms with van der Waals surface area (Å²) in [5.41, 5.74) is 0.837. The molecule has 0 fully saturated rings. The summed E-state index contributed by atoms with van der Waals surface area (Å²) in [4.78, 5) is 8.73. The monoisotopic (exact) mass is 419 g/mol. The number of ether oxygens (including phenoxy) is 4. The summed E-state index contributed by atoms with van der Waals surface area (Å²) in [5, 5.41) is 10.4. The first kappa shape index (κ1) is 21.8. The molecule has 1 aliphatic heterocycles. The SMILES string of the molecule is COCCOCCCNC(=NCc1nc(C)no1)Nc1ccc2c(c1)OCCCO2. The third-order valence-corrected chi connectivity index (χ3v) is 4.14. The zero-order valence-corrected chi connectivity index (χ0v) is 17.5. The molecule has 10 heteroatoms. The zero-order valence-electron chi connectivity index (χ0n) is 17.5. The van der Waals surface area contributed by atoms with Gasteiger partial charge >= 0.3 is 0 Å². The highest BCUT2D eigenvalue weighted by Crippen LogP contribution is 2.32. The average molecular weight is 419 g/mol. The number of aromatic nitrogens is 2. The number of rotatable bonds is 10. The third-order valence-electron chi connectivity index (χ3n) is 4.14. The van der Waals surface area contributed by atoms with Crippen molar-refractivity contribution in [2.75, 3.05) is 52.0 Å². The fourth-order valence-electron chi connectivity index (χ4n) is 2.69. The number of hydrogen-bond acceptors (Lipinski definition) is 8. The van der Waals surface area contributed by atoms with E-state index in [2.05, 4.69) is 25.8 Å². The molecule has 1 aromatic heterocycles. The maximum Gasteiger partial charge on any atom is 0.248 e. The van der Waals surface area contributed by atoms with Gasteiger partial charge in [0.15, 0.2) is 23.3 Å². The predicted molar refractivity (Wildman–Crippen MR) is 111 cm³/mol. The van der Waals surface area contributed by atoms with Gasteiger partial charge in [-0.25, -0.2) is 4.99 Å². The molecular formula is C20H29N5O5. The van der Waals surface area contributed by atoms with Gasteiger partial charge in [0.2, 0.25) is 5.89 Å². The van der Waals surface area contributed by atoms with E-state index in [1.54, 1.807) is 14.0 Å². The van der Waals surface area contributed by atoms with Crippen LogP contribution in [0.1, 0.15) is 24.6 Å². The highest BCUT2D eigenvalue weighted by molar-refractivity contribution is 5.93. The first-order chi connectivity index (χ1) is 14.7. The van der Waals surface area contributed by atoms with Crippen LogP contribution in [-0.2, 0) is 16.0 Å². The minimum atomic E-state index is 0.269. The van der Waals surface area contributed by atoms with Gasteiger partial charge in [-0.3, -0.25) is 0 Å². The summed E-state index contributed by atoms with van der Waals surface area (Å²) in [6.45, 7) is 5.83. The van der Waals surface area contributed by atoms with Crippen LogP contribution in [0.3, 0.4) is 0 Å². The molecule has 2 N–H and O–H groups in total. The van der Waals surface area contributed by atoms with E-state index in [0.717, 1.165) is 30.0 Å². The fourth-order valence-corrected chi connectivity index (χ4v) is 2.69. The molecule has 1 aromatic carbocycles. The first-order valence-electron chi connectivity index (χ1n) is 10.1. The molecule has 2 heterocycles. The number of aliphatic imine (C=N–C) groups is 1. The molecule has 1 aliphatic rings. The van der Waals surface area contributed by atoms with Crippen molar-refractivity contribution in [2.24, 2.45) is 4.99 Å². The predicted octanol–water partition coefficient (Wildman–Crippen LogP) is 2.15. The van der Waals surface area contributed by atoms with Gasteiger partial charge < -0.3 is 34.1 Å². The van der Waals surface area contributed by atoms with Crippen LogP contribution in [0.4, 0.5) is 5.69 Å². The number of anilines is 1. The lowest BCUT2D eigenvalue weighted by Crippen LogP contribution is -2.32. The molecule has 0 radical (unpaired) electrons. The molecule has 0 saturated heterocycles. The zero-order chi connectivity index (χ0) is 21.0. The minimum absolute atomic E-state index is 0.269. The lowest BCUT2D eigenvalue weighted by atomic mass is 10.2. The maximum atomic E-state index is 5.76. The van der Waals surface area contributed by atoms with Crippen LogP contribution in [0.5, 0.6) is 11.5 Å². The van der Waals surface area contributed by atoms with Gasteiger partial charge in [0, 0.05) is 38.4 Å². The number of hydrogen-bond donors (Lipinski definition) is 2. The maximum absolute atomic E-state index is 5.76. The number of guanidine groups is 1. The van der Waals surface area contributed by atoms with E-state index in [1.165, 1.54) is 0 Å². The van der Waals surface area contributed by atoms with Crippen molar-refractivity contribution < 1.29 is 23.5 Å². The average Bonchev–Trinajstić information content (AvgIpc) is 3.02. The third kappa shape index (κ3) is 7.20. The lowest BCUT2D eigenvalue weighted by molar-refractivity contribution is 0.0699. The number of benzene rings is 1.